The normalized spacial score (nSPS) is 15.7. The van der Waals surface area contributed by atoms with Crippen LogP contribution in [-0.4, -0.2) is 61.2 Å². The summed E-state index contributed by atoms with van der Waals surface area (Å²) < 4.78 is 41.3. The van der Waals surface area contributed by atoms with Crippen LogP contribution in [0.4, 0.5) is 10.1 Å². The maximum atomic E-state index is 13.6. The molecule has 0 atom stereocenters. The number of amides is 1. The van der Waals surface area contributed by atoms with E-state index in [1.807, 2.05) is 0 Å². The Morgan fingerprint density at radius 1 is 1.09 bits per heavy atom. The Labute approximate surface area is 186 Å². The van der Waals surface area contributed by atoms with Crippen molar-refractivity contribution in [1.82, 2.24) is 14.2 Å². The summed E-state index contributed by atoms with van der Waals surface area (Å²) >= 11 is 0. The first kappa shape index (κ1) is 22.3. The summed E-state index contributed by atoms with van der Waals surface area (Å²) in [5, 5.41) is 3.29. The average molecular weight is 457 g/mol. The van der Waals surface area contributed by atoms with Crippen molar-refractivity contribution < 1.29 is 17.6 Å². The molecule has 0 saturated carbocycles. The van der Waals surface area contributed by atoms with E-state index >= 15 is 0 Å². The number of aromatic nitrogens is 1. The maximum absolute atomic E-state index is 13.6. The summed E-state index contributed by atoms with van der Waals surface area (Å²) in [6.07, 6.45) is 0. The smallest absolute Gasteiger partial charge is 0.256 e. The van der Waals surface area contributed by atoms with Crippen molar-refractivity contribution in [2.75, 3.05) is 38.0 Å². The van der Waals surface area contributed by atoms with Gasteiger partial charge in [0.1, 0.15) is 5.82 Å². The summed E-state index contributed by atoms with van der Waals surface area (Å²) in [7, 11) is -3.66. The number of pyridine rings is 1. The van der Waals surface area contributed by atoms with Gasteiger partial charge in [-0.2, -0.15) is 4.31 Å². The zero-order chi connectivity index (χ0) is 22.9. The number of carbonyl (C=O) groups excluding carboxylic acids is 1. The van der Waals surface area contributed by atoms with E-state index < -0.39 is 21.7 Å². The number of piperazine rings is 1. The van der Waals surface area contributed by atoms with Crippen molar-refractivity contribution in [1.29, 1.82) is 0 Å². The topological polar surface area (TPSA) is 82.6 Å². The highest BCUT2D eigenvalue weighted by Gasteiger charge is 2.28. The first-order valence-corrected chi connectivity index (χ1v) is 11.9. The van der Waals surface area contributed by atoms with Gasteiger partial charge in [-0.3, -0.25) is 9.78 Å². The Bertz CT molecular complexity index is 1270. The van der Waals surface area contributed by atoms with E-state index in [0.717, 1.165) is 6.54 Å². The van der Waals surface area contributed by atoms with Crippen molar-refractivity contribution >= 4 is 32.5 Å². The summed E-state index contributed by atoms with van der Waals surface area (Å²) in [6, 6.07) is 12.0. The molecule has 9 heteroatoms. The summed E-state index contributed by atoms with van der Waals surface area (Å²) in [5.41, 5.74) is 1.68. The molecule has 32 heavy (non-hydrogen) atoms. The number of rotatable bonds is 5. The highest BCUT2D eigenvalue weighted by Crippen LogP contribution is 2.24. The number of halogens is 1. The van der Waals surface area contributed by atoms with Crippen molar-refractivity contribution in [3.8, 4) is 0 Å². The molecule has 0 aliphatic carbocycles. The number of anilines is 1. The van der Waals surface area contributed by atoms with E-state index in [9.17, 15) is 17.6 Å². The second-order valence-electron chi connectivity index (χ2n) is 7.79. The molecule has 2 heterocycles. The van der Waals surface area contributed by atoms with Crippen molar-refractivity contribution in [2.24, 2.45) is 0 Å². The number of likely N-dealkylation sites (N-methyl/N-ethyl adjacent to an activating group) is 1. The summed E-state index contributed by atoms with van der Waals surface area (Å²) in [4.78, 5) is 19.6. The van der Waals surface area contributed by atoms with Gasteiger partial charge >= 0.3 is 0 Å². The van der Waals surface area contributed by atoms with E-state index in [1.165, 1.54) is 34.6 Å². The van der Waals surface area contributed by atoms with Crippen LogP contribution < -0.4 is 5.32 Å². The molecule has 1 aromatic heterocycles. The van der Waals surface area contributed by atoms with Gasteiger partial charge in [0.05, 0.1) is 16.0 Å². The van der Waals surface area contributed by atoms with Crippen LogP contribution in [0.25, 0.3) is 10.9 Å². The number of carbonyl (C=O) groups is 1. The standard InChI is InChI=1S/C23H25FN4O3S/c1-3-27-9-11-28(12-10-27)32(30,31)19-6-4-5-18(15-19)26-23(29)21-13-16(2)25-22-14-17(24)7-8-20(21)22/h4-8,13-15H,3,9-12H2,1-2H3,(H,26,29). The van der Waals surface area contributed by atoms with Gasteiger partial charge in [-0.25, -0.2) is 12.8 Å². The van der Waals surface area contributed by atoms with Gasteiger partial charge in [-0.15, -0.1) is 0 Å². The van der Waals surface area contributed by atoms with Gasteiger partial charge in [0.15, 0.2) is 0 Å². The zero-order valence-corrected chi connectivity index (χ0v) is 18.8. The van der Waals surface area contributed by atoms with Gasteiger partial charge in [-0.05, 0) is 49.9 Å². The lowest BCUT2D eigenvalue weighted by Gasteiger charge is -2.33. The second kappa shape index (κ2) is 8.93. The second-order valence-corrected chi connectivity index (χ2v) is 9.73. The molecule has 2 aromatic carbocycles. The Morgan fingerprint density at radius 2 is 1.84 bits per heavy atom. The van der Waals surface area contributed by atoms with E-state index in [4.69, 9.17) is 0 Å². The third-order valence-electron chi connectivity index (χ3n) is 5.65. The first-order valence-electron chi connectivity index (χ1n) is 10.5. The van der Waals surface area contributed by atoms with Crippen LogP contribution >= 0.6 is 0 Å². The molecule has 0 spiro atoms. The average Bonchev–Trinajstić information content (AvgIpc) is 2.78. The molecule has 1 saturated heterocycles. The molecule has 1 N–H and O–H groups in total. The van der Waals surface area contributed by atoms with Crippen LogP contribution in [0.2, 0.25) is 0 Å². The third-order valence-corrected chi connectivity index (χ3v) is 7.55. The molecule has 7 nitrogen and oxygen atoms in total. The molecule has 0 radical (unpaired) electrons. The van der Waals surface area contributed by atoms with E-state index in [0.29, 0.717) is 54.0 Å². The molecule has 1 aliphatic heterocycles. The number of nitrogens with zero attached hydrogens (tertiary/aromatic N) is 3. The van der Waals surface area contributed by atoms with Gasteiger partial charge in [-0.1, -0.05) is 13.0 Å². The molecular weight excluding hydrogens is 431 g/mol. The minimum absolute atomic E-state index is 0.137. The predicted octanol–water partition coefficient (Wildman–Crippen LogP) is 3.26. The molecule has 1 fully saturated rings. The molecule has 4 rings (SSSR count). The first-order chi connectivity index (χ1) is 15.3. The third kappa shape index (κ3) is 4.50. The summed E-state index contributed by atoms with van der Waals surface area (Å²) in [6.45, 7) is 6.94. The monoisotopic (exact) mass is 456 g/mol. The lowest BCUT2D eigenvalue weighted by atomic mass is 10.1. The fraction of sp³-hybridized carbons (Fsp3) is 0.304. The highest BCUT2D eigenvalue weighted by molar-refractivity contribution is 7.89. The molecule has 168 valence electrons. The number of hydrogen-bond donors (Lipinski definition) is 1. The molecule has 0 unspecified atom stereocenters. The van der Waals surface area contributed by atoms with Gasteiger partial charge in [0.25, 0.3) is 5.91 Å². The van der Waals surface area contributed by atoms with E-state index in [1.54, 1.807) is 25.1 Å². The number of hydrogen-bond acceptors (Lipinski definition) is 5. The van der Waals surface area contributed by atoms with Crippen LogP contribution in [0, 0.1) is 12.7 Å². The van der Waals surface area contributed by atoms with E-state index in [2.05, 4.69) is 22.1 Å². The molecular formula is C23H25FN4O3S. The van der Waals surface area contributed by atoms with Crippen LogP contribution in [0.1, 0.15) is 23.0 Å². The predicted molar refractivity (Wildman–Crippen MR) is 122 cm³/mol. The van der Waals surface area contributed by atoms with Crippen LogP contribution in [0.5, 0.6) is 0 Å². The van der Waals surface area contributed by atoms with Gasteiger partial charge in [0, 0.05) is 49.0 Å². The Balaban J connectivity index is 1.59. The van der Waals surface area contributed by atoms with E-state index in [-0.39, 0.29) is 4.90 Å². The lowest BCUT2D eigenvalue weighted by molar-refractivity contribution is 0.102. The lowest BCUT2D eigenvalue weighted by Crippen LogP contribution is -2.48. The highest BCUT2D eigenvalue weighted by atomic mass is 32.2. The van der Waals surface area contributed by atoms with Crippen LogP contribution in [0.3, 0.4) is 0 Å². The van der Waals surface area contributed by atoms with Gasteiger partial charge in [0.2, 0.25) is 10.0 Å². The molecule has 1 amide bonds. The molecule has 0 bridgehead atoms. The Hall–Kier alpha value is -2.88. The SMILES string of the molecule is CCN1CCN(S(=O)(=O)c2cccc(NC(=O)c3cc(C)nc4cc(F)ccc34)c2)CC1. The Kier molecular flexibility index (Phi) is 6.23. The Morgan fingerprint density at radius 3 is 2.56 bits per heavy atom. The van der Waals surface area contributed by atoms with Gasteiger partial charge < -0.3 is 10.2 Å². The zero-order valence-electron chi connectivity index (χ0n) is 18.0. The van der Waals surface area contributed by atoms with Crippen LogP contribution in [0.15, 0.2) is 53.4 Å². The number of fused-ring (bicyclic) bond motifs is 1. The van der Waals surface area contributed by atoms with Crippen LogP contribution in [-0.2, 0) is 10.0 Å². The fourth-order valence-electron chi connectivity index (χ4n) is 3.89. The quantitative estimate of drug-likeness (QED) is 0.637. The molecule has 1 aliphatic rings. The largest absolute Gasteiger partial charge is 0.322 e. The maximum Gasteiger partial charge on any atom is 0.256 e. The number of sulfonamides is 1. The number of aryl methyl sites for hydroxylation is 1. The van der Waals surface area contributed by atoms with Crippen molar-refractivity contribution in [3.05, 3.63) is 65.6 Å². The minimum Gasteiger partial charge on any atom is -0.322 e. The number of nitrogens with one attached hydrogen (secondary N) is 1. The number of benzene rings is 2. The fourth-order valence-corrected chi connectivity index (χ4v) is 5.36. The van der Waals surface area contributed by atoms with Crippen molar-refractivity contribution in [3.63, 3.8) is 0 Å². The molecule has 3 aromatic rings. The van der Waals surface area contributed by atoms with Crippen molar-refractivity contribution in [2.45, 2.75) is 18.7 Å². The summed E-state index contributed by atoms with van der Waals surface area (Å²) in [5.74, 6) is -0.849. The minimum atomic E-state index is -3.66.